The van der Waals surface area contributed by atoms with Gasteiger partial charge in [-0.1, -0.05) is 35.5 Å². The first kappa shape index (κ1) is 24.8. The van der Waals surface area contributed by atoms with Crippen molar-refractivity contribution >= 4 is 40.4 Å². The molecule has 3 aromatic heterocycles. The van der Waals surface area contributed by atoms with Crippen molar-refractivity contribution in [3.05, 3.63) is 79.6 Å². The van der Waals surface area contributed by atoms with Crippen molar-refractivity contribution in [2.75, 3.05) is 13.1 Å². The summed E-state index contributed by atoms with van der Waals surface area (Å²) in [6.45, 7) is 4.81. The van der Waals surface area contributed by atoms with Gasteiger partial charge in [-0.2, -0.15) is 0 Å². The third-order valence-corrected chi connectivity index (χ3v) is 8.27. The van der Waals surface area contributed by atoms with Gasteiger partial charge in [0.05, 0.1) is 9.88 Å². The molecule has 0 bridgehead atoms. The fraction of sp³-hybridized carbons (Fsp3) is 0.269. The number of hydrogen-bond acceptors (Lipinski definition) is 8. The minimum atomic E-state index is -0.465. The number of thiophene rings is 1. The van der Waals surface area contributed by atoms with Gasteiger partial charge < -0.3 is 9.42 Å². The predicted molar refractivity (Wildman–Crippen MR) is 141 cm³/mol. The first-order valence-corrected chi connectivity index (χ1v) is 13.5. The van der Waals surface area contributed by atoms with Gasteiger partial charge in [-0.05, 0) is 38.8 Å². The fourth-order valence-corrected chi connectivity index (χ4v) is 6.01. The molecule has 1 saturated heterocycles. The highest BCUT2D eigenvalue weighted by Crippen LogP contribution is 2.32. The average Bonchev–Trinajstić information content (AvgIpc) is 3.67. The molecule has 1 aliphatic heterocycles. The number of benzene rings is 1. The number of thiazole rings is 1. The summed E-state index contributed by atoms with van der Waals surface area (Å²) in [6, 6.07) is 13.1. The molecule has 1 fully saturated rings. The molecule has 0 spiro atoms. The maximum absolute atomic E-state index is 13.4. The van der Waals surface area contributed by atoms with Crippen LogP contribution in [0.2, 0.25) is 0 Å². The van der Waals surface area contributed by atoms with Crippen LogP contribution in [0.5, 0.6) is 0 Å². The maximum atomic E-state index is 13.4. The van der Waals surface area contributed by atoms with Crippen molar-refractivity contribution in [2.24, 2.45) is 0 Å². The van der Waals surface area contributed by atoms with Gasteiger partial charge in [-0.15, -0.1) is 22.7 Å². The van der Waals surface area contributed by atoms with Crippen LogP contribution in [0.4, 0.5) is 0 Å². The zero-order valence-electron chi connectivity index (χ0n) is 20.3. The van der Waals surface area contributed by atoms with Gasteiger partial charge in [0, 0.05) is 34.8 Å². The zero-order chi connectivity index (χ0) is 25.9. The monoisotopic (exact) mass is 535 g/mol. The van der Waals surface area contributed by atoms with E-state index in [2.05, 4.69) is 21.0 Å². The lowest BCUT2D eigenvalue weighted by molar-refractivity contribution is 0.0711. The average molecular weight is 536 g/mol. The Morgan fingerprint density at radius 1 is 1.00 bits per heavy atom. The summed E-state index contributed by atoms with van der Waals surface area (Å²) in [4.78, 5) is 45.9. The van der Waals surface area contributed by atoms with Gasteiger partial charge in [0.1, 0.15) is 22.7 Å². The second-order valence-electron chi connectivity index (χ2n) is 8.78. The van der Waals surface area contributed by atoms with E-state index >= 15 is 0 Å². The molecular formula is C26H25N5O4S2. The van der Waals surface area contributed by atoms with E-state index in [-0.39, 0.29) is 23.4 Å². The van der Waals surface area contributed by atoms with Crippen LogP contribution in [0, 0.1) is 13.8 Å². The number of carbonyl (C=O) groups excluding carboxylic acids is 3. The summed E-state index contributed by atoms with van der Waals surface area (Å²) < 4.78 is 5.37. The summed E-state index contributed by atoms with van der Waals surface area (Å²) in [5.41, 5.74) is 7.01. The zero-order valence-corrected chi connectivity index (χ0v) is 21.9. The first-order valence-electron chi connectivity index (χ1n) is 11.8. The summed E-state index contributed by atoms with van der Waals surface area (Å²) in [5, 5.41) is 6.67. The van der Waals surface area contributed by atoms with Crippen LogP contribution < -0.4 is 10.9 Å². The molecular weight excluding hydrogens is 510 g/mol. The highest BCUT2D eigenvalue weighted by atomic mass is 32.1. The Morgan fingerprint density at radius 3 is 2.43 bits per heavy atom. The molecule has 0 aliphatic carbocycles. The Morgan fingerprint density at radius 2 is 1.73 bits per heavy atom. The van der Waals surface area contributed by atoms with Crippen LogP contribution in [-0.4, -0.2) is 45.9 Å². The molecule has 0 radical (unpaired) electrons. The topological polar surface area (TPSA) is 117 Å². The normalized spacial score (nSPS) is 13.9. The van der Waals surface area contributed by atoms with Gasteiger partial charge >= 0.3 is 0 Å². The number of aromatic nitrogens is 2. The molecule has 5 rings (SSSR count). The quantitative estimate of drug-likeness (QED) is 0.362. The van der Waals surface area contributed by atoms with Crippen molar-refractivity contribution in [2.45, 2.75) is 32.6 Å². The van der Waals surface area contributed by atoms with Gasteiger partial charge in [-0.3, -0.25) is 25.2 Å². The Labute approximate surface area is 221 Å². The summed E-state index contributed by atoms with van der Waals surface area (Å²) >= 11 is 2.77. The lowest BCUT2D eigenvalue weighted by atomic mass is 9.96. The van der Waals surface area contributed by atoms with Gasteiger partial charge in [0.25, 0.3) is 17.7 Å². The highest BCUT2D eigenvalue weighted by molar-refractivity contribution is 7.14. The molecule has 0 atom stereocenters. The van der Waals surface area contributed by atoms with Crippen molar-refractivity contribution in [1.29, 1.82) is 0 Å². The van der Waals surface area contributed by atoms with E-state index in [0.29, 0.717) is 35.0 Å². The maximum Gasteiger partial charge on any atom is 0.289 e. The summed E-state index contributed by atoms with van der Waals surface area (Å²) in [6.07, 6.45) is 1.47. The molecule has 4 heterocycles. The molecule has 9 nitrogen and oxygen atoms in total. The third kappa shape index (κ3) is 5.32. The van der Waals surface area contributed by atoms with Crippen LogP contribution in [-0.2, 0) is 0 Å². The lowest BCUT2D eigenvalue weighted by Gasteiger charge is -2.31. The summed E-state index contributed by atoms with van der Waals surface area (Å²) in [5.74, 6) is -0.267. The molecule has 2 N–H and O–H groups in total. The number of likely N-dealkylation sites (tertiary alicyclic amines) is 1. The Hall–Kier alpha value is -3.83. The number of hydrazine groups is 1. The van der Waals surface area contributed by atoms with Crippen molar-refractivity contribution in [3.8, 4) is 11.3 Å². The number of carbonyl (C=O) groups is 3. The van der Waals surface area contributed by atoms with E-state index in [9.17, 15) is 14.4 Å². The van der Waals surface area contributed by atoms with E-state index in [4.69, 9.17) is 4.52 Å². The van der Waals surface area contributed by atoms with E-state index in [1.165, 1.54) is 22.7 Å². The third-order valence-electron chi connectivity index (χ3n) is 6.26. The fourth-order valence-electron chi connectivity index (χ4n) is 4.28. The van der Waals surface area contributed by atoms with Crippen molar-refractivity contribution in [3.63, 3.8) is 0 Å². The molecule has 0 unspecified atom stereocenters. The number of amides is 3. The van der Waals surface area contributed by atoms with E-state index < -0.39 is 5.91 Å². The second kappa shape index (κ2) is 10.7. The SMILES string of the molecule is Cc1ccc(C(=O)NNC(=O)c2csc(C3CCN(C(=O)c4c(-c5ccccc5)noc4C)CC3)n2)s1. The summed E-state index contributed by atoms with van der Waals surface area (Å²) in [7, 11) is 0. The molecule has 190 valence electrons. The lowest BCUT2D eigenvalue weighted by Crippen LogP contribution is -2.41. The van der Waals surface area contributed by atoms with Crippen LogP contribution >= 0.6 is 22.7 Å². The minimum Gasteiger partial charge on any atom is -0.360 e. The molecule has 37 heavy (non-hydrogen) atoms. The number of nitrogens with one attached hydrogen (secondary N) is 2. The van der Waals surface area contributed by atoms with Crippen LogP contribution in [0.25, 0.3) is 11.3 Å². The molecule has 3 amide bonds. The number of piperidine rings is 1. The van der Waals surface area contributed by atoms with Gasteiger partial charge in [-0.25, -0.2) is 4.98 Å². The number of rotatable bonds is 5. The molecule has 1 aliphatic rings. The standard InChI is InChI=1S/C26H25N5O4S2/c1-15-8-9-20(37-15)24(33)29-28-23(32)19-14-36-25(27-19)18-10-12-31(13-11-18)26(34)21-16(2)35-30-22(21)17-6-4-3-5-7-17/h3-9,14,18H,10-13H2,1-2H3,(H,28,32)(H,29,33). The number of aryl methyl sites for hydroxylation is 2. The molecule has 11 heteroatoms. The Balaban J connectivity index is 1.18. The Bertz CT molecular complexity index is 1430. The van der Waals surface area contributed by atoms with E-state index in [1.807, 2.05) is 48.2 Å². The smallest absolute Gasteiger partial charge is 0.289 e. The van der Waals surface area contributed by atoms with Crippen LogP contribution in [0.1, 0.15) is 64.9 Å². The second-order valence-corrected chi connectivity index (χ2v) is 11.0. The van der Waals surface area contributed by atoms with E-state index in [0.717, 1.165) is 28.3 Å². The first-order chi connectivity index (χ1) is 17.9. The van der Waals surface area contributed by atoms with Gasteiger partial charge in [0.15, 0.2) is 0 Å². The molecule has 0 saturated carbocycles. The largest absolute Gasteiger partial charge is 0.360 e. The number of nitrogens with zero attached hydrogens (tertiary/aromatic N) is 3. The van der Waals surface area contributed by atoms with Gasteiger partial charge in [0.2, 0.25) is 0 Å². The van der Waals surface area contributed by atoms with Crippen LogP contribution in [0.15, 0.2) is 52.4 Å². The van der Waals surface area contributed by atoms with Crippen molar-refractivity contribution < 1.29 is 18.9 Å². The van der Waals surface area contributed by atoms with Crippen molar-refractivity contribution in [1.82, 2.24) is 25.9 Å². The predicted octanol–water partition coefficient (Wildman–Crippen LogP) is 4.57. The minimum absolute atomic E-state index is 0.0908. The number of hydrogen-bond donors (Lipinski definition) is 2. The highest BCUT2D eigenvalue weighted by Gasteiger charge is 2.31. The molecule has 4 aromatic rings. The molecule has 1 aromatic carbocycles. The van der Waals surface area contributed by atoms with E-state index in [1.54, 1.807) is 18.4 Å². The Kier molecular flexibility index (Phi) is 7.15. The van der Waals surface area contributed by atoms with Crippen LogP contribution in [0.3, 0.4) is 0 Å².